The van der Waals surface area contributed by atoms with Crippen molar-refractivity contribution in [3.05, 3.63) is 58.1 Å². The van der Waals surface area contributed by atoms with Gasteiger partial charge in [-0.2, -0.15) is 0 Å². The molecule has 0 aliphatic carbocycles. The first-order valence-electron chi connectivity index (χ1n) is 6.53. The number of nitrogens with one attached hydrogen (secondary N) is 1. The number of rotatable bonds is 6. The summed E-state index contributed by atoms with van der Waals surface area (Å²) in [5, 5.41) is 12.2. The Labute approximate surface area is 131 Å². The number of anilines is 1. The second-order valence-corrected chi connectivity index (χ2v) is 5.37. The van der Waals surface area contributed by atoms with Crippen LogP contribution in [0, 0.1) is 6.92 Å². The summed E-state index contributed by atoms with van der Waals surface area (Å²) in [5.74, 6) is -0.397. The lowest BCUT2D eigenvalue weighted by atomic mass is 10.2. The van der Waals surface area contributed by atoms with Crippen LogP contribution in [0.3, 0.4) is 0 Å². The minimum Gasteiger partial charge on any atom is -0.492 e. The summed E-state index contributed by atoms with van der Waals surface area (Å²) < 4.78 is 6.61. The molecule has 110 valence electrons. The molecule has 21 heavy (non-hydrogen) atoms. The van der Waals surface area contributed by atoms with Crippen molar-refractivity contribution < 1.29 is 14.6 Å². The third kappa shape index (κ3) is 4.23. The molecule has 2 aromatic rings. The van der Waals surface area contributed by atoms with Gasteiger partial charge in [-0.1, -0.05) is 28.1 Å². The maximum Gasteiger partial charge on any atom is 0.335 e. The van der Waals surface area contributed by atoms with E-state index in [-0.39, 0.29) is 5.56 Å². The molecular formula is C16H16BrNO3. The van der Waals surface area contributed by atoms with Gasteiger partial charge in [0.1, 0.15) is 12.4 Å². The largest absolute Gasteiger partial charge is 0.492 e. The Morgan fingerprint density at radius 3 is 2.81 bits per heavy atom. The third-order valence-electron chi connectivity index (χ3n) is 3.03. The average molecular weight is 350 g/mol. The summed E-state index contributed by atoms with van der Waals surface area (Å²) in [6.07, 6.45) is 0. The van der Waals surface area contributed by atoms with Crippen LogP contribution in [0.2, 0.25) is 0 Å². The molecule has 0 radical (unpaired) electrons. The number of ether oxygens (including phenoxy) is 1. The van der Waals surface area contributed by atoms with Crippen LogP contribution < -0.4 is 10.1 Å². The molecule has 0 aliphatic rings. The molecule has 2 aromatic carbocycles. The van der Waals surface area contributed by atoms with Gasteiger partial charge in [0.2, 0.25) is 0 Å². The van der Waals surface area contributed by atoms with E-state index in [9.17, 15) is 4.79 Å². The molecule has 0 aromatic heterocycles. The van der Waals surface area contributed by atoms with Gasteiger partial charge in [0, 0.05) is 16.7 Å². The van der Waals surface area contributed by atoms with Gasteiger partial charge in [0.25, 0.3) is 0 Å². The molecule has 0 saturated carbocycles. The fraction of sp³-hybridized carbons (Fsp3) is 0.188. The van der Waals surface area contributed by atoms with Crippen molar-refractivity contribution in [1.82, 2.24) is 0 Å². The number of carbonyl (C=O) groups is 1. The minimum atomic E-state index is -0.955. The first-order valence-corrected chi connectivity index (χ1v) is 7.32. The predicted molar refractivity (Wildman–Crippen MR) is 86.3 cm³/mol. The summed E-state index contributed by atoms with van der Waals surface area (Å²) in [5.41, 5.74) is 2.42. The number of halogens is 1. The van der Waals surface area contributed by atoms with E-state index < -0.39 is 5.97 Å². The van der Waals surface area contributed by atoms with Crippen LogP contribution in [-0.4, -0.2) is 24.2 Å². The quantitative estimate of drug-likeness (QED) is 0.775. The van der Waals surface area contributed by atoms with E-state index in [0.717, 1.165) is 15.7 Å². The van der Waals surface area contributed by atoms with Crippen LogP contribution in [0.5, 0.6) is 5.75 Å². The average Bonchev–Trinajstić information content (AvgIpc) is 2.48. The number of benzene rings is 2. The van der Waals surface area contributed by atoms with Crippen LogP contribution >= 0.6 is 15.9 Å². The van der Waals surface area contributed by atoms with Crippen molar-refractivity contribution in [2.24, 2.45) is 0 Å². The highest BCUT2D eigenvalue weighted by atomic mass is 79.9. The zero-order chi connectivity index (χ0) is 15.2. The van der Waals surface area contributed by atoms with E-state index in [4.69, 9.17) is 9.84 Å². The van der Waals surface area contributed by atoms with Gasteiger partial charge < -0.3 is 15.2 Å². The number of aromatic carboxylic acids is 1. The fourth-order valence-corrected chi connectivity index (χ4v) is 2.24. The standard InChI is InChI=1S/C16H16BrNO3/c1-11-14(17)6-3-7-15(11)18-8-9-21-13-5-2-4-12(10-13)16(19)20/h2-7,10,18H,8-9H2,1H3,(H,19,20). The number of carboxylic acid groups (broad SMARTS) is 1. The molecule has 0 aliphatic heterocycles. The van der Waals surface area contributed by atoms with Gasteiger partial charge in [-0.25, -0.2) is 4.79 Å². The van der Waals surface area contributed by atoms with Crippen molar-refractivity contribution in [1.29, 1.82) is 0 Å². The lowest BCUT2D eigenvalue weighted by Crippen LogP contribution is -2.12. The summed E-state index contributed by atoms with van der Waals surface area (Å²) in [6, 6.07) is 12.4. The second-order valence-electron chi connectivity index (χ2n) is 4.52. The van der Waals surface area contributed by atoms with Crippen LogP contribution in [-0.2, 0) is 0 Å². The topological polar surface area (TPSA) is 58.6 Å². The number of carboxylic acids is 1. The van der Waals surface area contributed by atoms with Crippen LogP contribution in [0.1, 0.15) is 15.9 Å². The molecule has 4 nitrogen and oxygen atoms in total. The highest BCUT2D eigenvalue weighted by molar-refractivity contribution is 9.10. The molecule has 0 bridgehead atoms. The molecule has 0 amide bonds. The molecule has 0 atom stereocenters. The van der Waals surface area contributed by atoms with Crippen LogP contribution in [0.4, 0.5) is 5.69 Å². The zero-order valence-corrected chi connectivity index (χ0v) is 13.2. The molecule has 2 rings (SSSR count). The zero-order valence-electron chi connectivity index (χ0n) is 11.6. The monoisotopic (exact) mass is 349 g/mol. The maximum atomic E-state index is 10.9. The lowest BCUT2D eigenvalue weighted by molar-refractivity contribution is 0.0696. The van der Waals surface area contributed by atoms with Crippen LogP contribution in [0.15, 0.2) is 46.9 Å². The van der Waals surface area contributed by atoms with Crippen molar-refractivity contribution in [2.75, 3.05) is 18.5 Å². The van der Waals surface area contributed by atoms with Gasteiger partial charge in [0.05, 0.1) is 5.56 Å². The molecular weight excluding hydrogens is 334 g/mol. The van der Waals surface area contributed by atoms with E-state index in [2.05, 4.69) is 21.2 Å². The van der Waals surface area contributed by atoms with E-state index in [1.807, 2.05) is 25.1 Å². The smallest absolute Gasteiger partial charge is 0.335 e. The Bertz CT molecular complexity index is 643. The molecule has 0 fully saturated rings. The van der Waals surface area contributed by atoms with Crippen LogP contribution in [0.25, 0.3) is 0 Å². The predicted octanol–water partition coefficient (Wildman–Crippen LogP) is 3.95. The molecule has 0 heterocycles. The maximum absolute atomic E-state index is 10.9. The second kappa shape index (κ2) is 7.13. The molecule has 2 N–H and O–H groups in total. The Hall–Kier alpha value is -2.01. The lowest BCUT2D eigenvalue weighted by Gasteiger charge is -2.11. The highest BCUT2D eigenvalue weighted by Gasteiger charge is 2.04. The van der Waals surface area contributed by atoms with E-state index in [0.29, 0.717) is 18.9 Å². The first-order chi connectivity index (χ1) is 10.1. The van der Waals surface area contributed by atoms with Gasteiger partial charge in [-0.05, 0) is 42.8 Å². The fourth-order valence-electron chi connectivity index (χ4n) is 1.87. The molecule has 0 unspecified atom stereocenters. The van der Waals surface area contributed by atoms with Gasteiger partial charge in [-0.3, -0.25) is 0 Å². The van der Waals surface area contributed by atoms with E-state index >= 15 is 0 Å². The first kappa shape index (κ1) is 15.4. The van der Waals surface area contributed by atoms with E-state index in [1.54, 1.807) is 12.1 Å². The minimum absolute atomic E-state index is 0.225. The van der Waals surface area contributed by atoms with Gasteiger partial charge >= 0.3 is 5.97 Å². The number of hydrogen-bond acceptors (Lipinski definition) is 3. The van der Waals surface area contributed by atoms with Gasteiger partial charge in [0.15, 0.2) is 0 Å². The summed E-state index contributed by atoms with van der Waals surface area (Å²) in [7, 11) is 0. The summed E-state index contributed by atoms with van der Waals surface area (Å²) in [4.78, 5) is 10.9. The Morgan fingerprint density at radius 1 is 1.29 bits per heavy atom. The SMILES string of the molecule is Cc1c(Br)cccc1NCCOc1cccc(C(=O)O)c1. The molecule has 0 saturated heterocycles. The Morgan fingerprint density at radius 2 is 2.05 bits per heavy atom. The van der Waals surface area contributed by atoms with E-state index in [1.165, 1.54) is 12.1 Å². The normalized spacial score (nSPS) is 10.2. The third-order valence-corrected chi connectivity index (χ3v) is 3.89. The summed E-state index contributed by atoms with van der Waals surface area (Å²) >= 11 is 3.49. The van der Waals surface area contributed by atoms with Crippen molar-refractivity contribution >= 4 is 27.6 Å². The van der Waals surface area contributed by atoms with Crippen molar-refractivity contribution in [3.63, 3.8) is 0 Å². The Kier molecular flexibility index (Phi) is 5.22. The van der Waals surface area contributed by atoms with Gasteiger partial charge in [-0.15, -0.1) is 0 Å². The molecule has 5 heteroatoms. The Balaban J connectivity index is 1.86. The van der Waals surface area contributed by atoms with Crippen molar-refractivity contribution in [2.45, 2.75) is 6.92 Å². The van der Waals surface area contributed by atoms with Crippen molar-refractivity contribution in [3.8, 4) is 5.75 Å². The number of hydrogen-bond donors (Lipinski definition) is 2. The highest BCUT2D eigenvalue weighted by Crippen LogP contribution is 2.23. The molecule has 0 spiro atoms. The summed E-state index contributed by atoms with van der Waals surface area (Å²) in [6.45, 7) is 3.12.